The summed E-state index contributed by atoms with van der Waals surface area (Å²) in [6, 6.07) is 18.2. The summed E-state index contributed by atoms with van der Waals surface area (Å²) in [5, 5.41) is 5.53. The lowest BCUT2D eigenvalue weighted by atomic mass is 9.82. The van der Waals surface area contributed by atoms with Gasteiger partial charge in [0.2, 0.25) is 0 Å². The molecule has 39 heavy (non-hydrogen) atoms. The van der Waals surface area contributed by atoms with E-state index in [2.05, 4.69) is 107 Å². The van der Waals surface area contributed by atoms with Crippen molar-refractivity contribution in [1.82, 2.24) is 10.3 Å². The molecule has 3 aromatic rings. The zero-order chi connectivity index (χ0) is 25.8. The number of hydrogen-bond donors (Lipinski definition) is 1. The Morgan fingerprint density at radius 2 is 1.77 bits per heavy atom. The van der Waals surface area contributed by atoms with Crippen molar-refractivity contribution >= 4 is 35.4 Å². The predicted molar refractivity (Wildman–Crippen MR) is 164 cm³/mol. The van der Waals surface area contributed by atoms with Crippen LogP contribution in [-0.2, 0) is 6.42 Å². The molecule has 0 spiro atoms. The van der Waals surface area contributed by atoms with Gasteiger partial charge in [-0.3, -0.25) is 0 Å². The van der Waals surface area contributed by atoms with E-state index in [4.69, 9.17) is 4.98 Å². The Labute approximate surface area is 234 Å². The maximum atomic E-state index is 5.23. The van der Waals surface area contributed by atoms with Gasteiger partial charge in [0.15, 0.2) is 0 Å². The first kappa shape index (κ1) is 23.3. The molecule has 1 N–H and O–H groups in total. The first-order valence-electron chi connectivity index (χ1n) is 14.5. The monoisotopic (exact) mass is 527 g/mol. The molecule has 1 aromatic carbocycles. The SMILES string of the molecule is C1=CCC2C(C1)C1=C(NC3C=Cc4sc5c(c4C3)=CCCC=5)C=CCC1N2c1cccc(-c2ccccc2)n1. The van der Waals surface area contributed by atoms with Gasteiger partial charge >= 0.3 is 0 Å². The second-order valence-corrected chi connectivity index (χ2v) is 12.4. The first-order valence-corrected chi connectivity index (χ1v) is 15.3. The van der Waals surface area contributed by atoms with Gasteiger partial charge in [-0.1, -0.05) is 72.9 Å². The summed E-state index contributed by atoms with van der Waals surface area (Å²) >= 11 is 1.96. The van der Waals surface area contributed by atoms with Crippen LogP contribution in [0, 0.1) is 5.92 Å². The molecule has 0 saturated carbocycles. The molecule has 0 radical (unpaired) electrons. The summed E-state index contributed by atoms with van der Waals surface area (Å²) in [5.74, 6) is 1.63. The van der Waals surface area contributed by atoms with Gasteiger partial charge in [0.05, 0.1) is 11.7 Å². The number of anilines is 1. The topological polar surface area (TPSA) is 28.2 Å². The third-order valence-corrected chi connectivity index (χ3v) is 10.3. The largest absolute Gasteiger partial charge is 0.378 e. The van der Waals surface area contributed by atoms with Crippen LogP contribution in [0.1, 0.15) is 42.5 Å². The molecule has 194 valence electrons. The molecule has 1 fully saturated rings. The van der Waals surface area contributed by atoms with Gasteiger partial charge in [-0.15, -0.1) is 11.3 Å². The van der Waals surface area contributed by atoms with E-state index >= 15 is 0 Å². The second-order valence-electron chi connectivity index (χ2n) is 11.3. The number of aromatic nitrogens is 1. The highest BCUT2D eigenvalue weighted by atomic mass is 32.1. The van der Waals surface area contributed by atoms with Gasteiger partial charge in [0.1, 0.15) is 5.82 Å². The van der Waals surface area contributed by atoms with E-state index in [9.17, 15) is 0 Å². The molecule has 3 heterocycles. The third-order valence-electron chi connectivity index (χ3n) is 9.07. The number of nitrogens with zero attached hydrogens (tertiary/aromatic N) is 2. The van der Waals surface area contributed by atoms with Crippen molar-refractivity contribution < 1.29 is 0 Å². The Morgan fingerprint density at radius 3 is 2.72 bits per heavy atom. The quantitative estimate of drug-likeness (QED) is 0.414. The Hall–Kier alpha value is -3.63. The van der Waals surface area contributed by atoms with E-state index in [-0.39, 0.29) is 0 Å². The molecule has 4 atom stereocenters. The van der Waals surface area contributed by atoms with Crippen LogP contribution in [-0.4, -0.2) is 23.1 Å². The number of fused-ring (bicyclic) bond motifs is 6. The van der Waals surface area contributed by atoms with E-state index in [1.165, 1.54) is 38.7 Å². The Morgan fingerprint density at radius 1 is 0.872 bits per heavy atom. The minimum atomic E-state index is 0.323. The molecule has 3 nitrogen and oxygen atoms in total. The van der Waals surface area contributed by atoms with Crippen molar-refractivity contribution in [2.45, 2.75) is 56.7 Å². The van der Waals surface area contributed by atoms with Crippen LogP contribution >= 0.6 is 11.3 Å². The minimum Gasteiger partial charge on any atom is -0.378 e. The number of rotatable bonds is 4. The lowest BCUT2D eigenvalue weighted by Gasteiger charge is -2.33. The molecule has 4 aliphatic carbocycles. The van der Waals surface area contributed by atoms with E-state index in [1.54, 1.807) is 11.1 Å². The van der Waals surface area contributed by atoms with Crippen molar-refractivity contribution in [3.63, 3.8) is 0 Å². The first-order chi connectivity index (χ1) is 19.3. The molecule has 4 heteroatoms. The molecule has 0 bridgehead atoms. The van der Waals surface area contributed by atoms with Crippen molar-refractivity contribution in [2.75, 3.05) is 4.90 Å². The summed E-state index contributed by atoms with van der Waals surface area (Å²) in [6.45, 7) is 0. The lowest BCUT2D eigenvalue weighted by molar-refractivity contribution is 0.497. The average molecular weight is 528 g/mol. The normalized spacial score (nSPS) is 26.3. The van der Waals surface area contributed by atoms with Crippen LogP contribution in [0.4, 0.5) is 5.82 Å². The number of thiophene rings is 1. The zero-order valence-corrected chi connectivity index (χ0v) is 22.9. The van der Waals surface area contributed by atoms with Crippen LogP contribution < -0.4 is 20.0 Å². The number of allylic oxidation sites excluding steroid dienone is 2. The molecular weight excluding hydrogens is 494 g/mol. The maximum Gasteiger partial charge on any atom is 0.130 e. The van der Waals surface area contributed by atoms with Crippen molar-refractivity contribution in [2.24, 2.45) is 5.92 Å². The summed E-state index contributed by atoms with van der Waals surface area (Å²) < 4.78 is 1.48. The van der Waals surface area contributed by atoms with Crippen LogP contribution in [0.15, 0.2) is 90.2 Å². The highest BCUT2D eigenvalue weighted by molar-refractivity contribution is 7.11. The Bertz CT molecular complexity index is 1670. The molecule has 4 unspecified atom stereocenters. The maximum absolute atomic E-state index is 5.23. The smallest absolute Gasteiger partial charge is 0.130 e. The van der Waals surface area contributed by atoms with Crippen LogP contribution in [0.2, 0.25) is 0 Å². The second kappa shape index (κ2) is 9.53. The fourth-order valence-corrected chi connectivity index (χ4v) is 8.59. The molecule has 5 aliphatic rings. The molecule has 8 rings (SSSR count). The number of benzene rings is 1. The highest BCUT2D eigenvalue weighted by Gasteiger charge is 2.47. The Kier molecular flexibility index (Phi) is 5.69. The standard InChI is InChI=1S/C35H33N3S/c1-2-10-23(11-3-1)28-14-9-19-34(37-28)38-30-16-6-4-13-26(30)35-29(15-8-17-31(35)38)36-24-20-21-33-27(22-24)25-12-5-7-18-32(25)39-33/h1-4,6,8-12,14-15,18-21,24,26,30-31,36H,5,7,13,16-17,22H2. The Balaban J connectivity index is 1.14. The molecule has 1 aliphatic heterocycles. The van der Waals surface area contributed by atoms with E-state index in [0.29, 0.717) is 24.0 Å². The van der Waals surface area contributed by atoms with Gasteiger partial charge in [-0.2, -0.15) is 0 Å². The number of hydrogen-bond acceptors (Lipinski definition) is 4. The van der Waals surface area contributed by atoms with Gasteiger partial charge < -0.3 is 10.2 Å². The predicted octanol–water partition coefficient (Wildman–Crippen LogP) is 6.13. The molecular formula is C35H33N3S. The van der Waals surface area contributed by atoms with Crippen molar-refractivity contribution in [3.8, 4) is 11.3 Å². The van der Waals surface area contributed by atoms with E-state index < -0.39 is 0 Å². The zero-order valence-electron chi connectivity index (χ0n) is 22.1. The fourth-order valence-electron chi connectivity index (χ4n) is 7.37. The lowest BCUT2D eigenvalue weighted by Crippen LogP contribution is -2.39. The van der Waals surface area contributed by atoms with E-state index in [1.807, 2.05) is 11.3 Å². The van der Waals surface area contributed by atoms with Gasteiger partial charge in [0, 0.05) is 38.7 Å². The molecule has 0 amide bonds. The summed E-state index contributed by atoms with van der Waals surface area (Å²) in [6.07, 6.45) is 25.8. The minimum absolute atomic E-state index is 0.323. The van der Waals surface area contributed by atoms with Crippen molar-refractivity contribution in [3.05, 3.63) is 110 Å². The average Bonchev–Trinajstić information content (AvgIpc) is 3.54. The van der Waals surface area contributed by atoms with Crippen molar-refractivity contribution in [1.29, 1.82) is 0 Å². The summed E-state index contributed by atoms with van der Waals surface area (Å²) in [7, 11) is 0. The number of nitrogens with one attached hydrogen (secondary N) is 1. The van der Waals surface area contributed by atoms with Gasteiger partial charge in [0.25, 0.3) is 0 Å². The van der Waals surface area contributed by atoms with Gasteiger partial charge in [-0.05, 0) is 79.2 Å². The van der Waals surface area contributed by atoms with Crippen LogP contribution in [0.3, 0.4) is 0 Å². The van der Waals surface area contributed by atoms with E-state index in [0.717, 1.165) is 37.2 Å². The summed E-state index contributed by atoms with van der Waals surface area (Å²) in [4.78, 5) is 9.33. The van der Waals surface area contributed by atoms with Crippen LogP contribution in [0.5, 0.6) is 0 Å². The van der Waals surface area contributed by atoms with Crippen LogP contribution in [0.25, 0.3) is 29.5 Å². The molecule has 2 aromatic heterocycles. The fraction of sp³-hybridized carbons (Fsp3) is 0.286. The summed E-state index contributed by atoms with van der Waals surface area (Å²) in [5.41, 5.74) is 6.70. The number of pyridine rings is 1. The highest BCUT2D eigenvalue weighted by Crippen LogP contribution is 2.47. The molecule has 1 saturated heterocycles. The third kappa shape index (κ3) is 3.96. The van der Waals surface area contributed by atoms with Gasteiger partial charge in [-0.25, -0.2) is 4.98 Å².